The van der Waals surface area contributed by atoms with Gasteiger partial charge < -0.3 is 5.11 Å². The molecule has 0 amide bonds. The van der Waals surface area contributed by atoms with Crippen molar-refractivity contribution in [3.05, 3.63) is 0 Å². The van der Waals surface area contributed by atoms with Crippen LogP contribution in [0.4, 0.5) is 39.5 Å². The highest BCUT2D eigenvalue weighted by Gasteiger charge is 2.69. The lowest BCUT2D eigenvalue weighted by molar-refractivity contribution is -0.309. The second kappa shape index (κ2) is 4.68. The number of aliphatic hydroxyl groups is 1. The van der Waals surface area contributed by atoms with Crippen molar-refractivity contribution in [1.82, 2.24) is 0 Å². The Kier molecular flexibility index (Phi) is 4.48. The minimum absolute atomic E-state index is 4.22. The summed E-state index contributed by atoms with van der Waals surface area (Å²) in [5.41, 5.74) is 0. The van der Waals surface area contributed by atoms with E-state index in [1.165, 1.54) is 0 Å². The summed E-state index contributed by atoms with van der Waals surface area (Å²) >= 11 is 0. The van der Waals surface area contributed by atoms with Gasteiger partial charge in [0.2, 0.25) is 6.17 Å². The van der Waals surface area contributed by atoms with E-state index in [0.29, 0.717) is 0 Å². The van der Waals surface area contributed by atoms with Crippen LogP contribution in [0, 0.1) is 0 Å². The fraction of sp³-hybridized carbons (Fsp3) is 1.00. The van der Waals surface area contributed by atoms with Crippen LogP contribution >= 0.6 is 0 Å². The molecular formula is C6H5F9O. The molecule has 0 rings (SSSR count). The molecule has 0 saturated carbocycles. The van der Waals surface area contributed by atoms with Crippen LogP contribution in [-0.4, -0.2) is 42.1 Å². The molecule has 0 aromatic carbocycles. The first kappa shape index (κ1) is 15.3. The Morgan fingerprint density at radius 3 is 1.38 bits per heavy atom. The molecule has 0 saturated heterocycles. The van der Waals surface area contributed by atoms with E-state index in [4.69, 9.17) is 5.11 Å². The number of hydrogen-bond donors (Lipinski definition) is 1. The minimum Gasteiger partial charge on any atom is -0.359 e. The van der Waals surface area contributed by atoms with Crippen molar-refractivity contribution >= 4 is 0 Å². The highest BCUT2D eigenvalue weighted by atomic mass is 19.3. The molecule has 0 fully saturated rings. The molecule has 0 aliphatic heterocycles. The number of rotatable bonds is 5. The van der Waals surface area contributed by atoms with E-state index in [2.05, 4.69) is 0 Å². The summed E-state index contributed by atoms with van der Waals surface area (Å²) in [7, 11) is 0. The highest BCUT2D eigenvalue weighted by Crippen LogP contribution is 2.43. The van der Waals surface area contributed by atoms with Gasteiger partial charge in [0.1, 0.15) is 0 Å². The molecule has 0 aliphatic rings. The Morgan fingerprint density at radius 1 is 0.750 bits per heavy atom. The third kappa shape index (κ3) is 2.53. The van der Waals surface area contributed by atoms with Gasteiger partial charge in [-0.05, 0) is 0 Å². The van der Waals surface area contributed by atoms with Gasteiger partial charge in [-0.25, -0.2) is 22.0 Å². The van der Waals surface area contributed by atoms with Gasteiger partial charge in [-0.2, -0.15) is 17.6 Å². The number of aliphatic hydroxyl groups excluding tert-OH is 1. The van der Waals surface area contributed by atoms with E-state index in [9.17, 15) is 39.5 Å². The summed E-state index contributed by atoms with van der Waals surface area (Å²) in [6, 6.07) is 0. The first-order valence-corrected chi connectivity index (χ1v) is 3.60. The number of hydrogen-bond acceptors (Lipinski definition) is 1. The Labute approximate surface area is 82.8 Å². The van der Waals surface area contributed by atoms with Gasteiger partial charge in [0.25, 0.3) is 12.8 Å². The molecule has 0 aliphatic carbocycles. The van der Waals surface area contributed by atoms with Gasteiger partial charge in [0.05, 0.1) is 0 Å². The first-order valence-electron chi connectivity index (χ1n) is 3.60. The SMILES string of the molecule is OC(F)C(F)(F)C(F)(F)C(F)C(F)C(F)F. The largest absolute Gasteiger partial charge is 0.367 e. The molecule has 0 aromatic rings. The van der Waals surface area contributed by atoms with E-state index in [-0.39, 0.29) is 0 Å². The molecule has 3 atom stereocenters. The van der Waals surface area contributed by atoms with Crippen molar-refractivity contribution in [3.8, 4) is 0 Å². The van der Waals surface area contributed by atoms with Crippen molar-refractivity contribution < 1.29 is 44.6 Å². The van der Waals surface area contributed by atoms with Crippen LogP contribution in [0.5, 0.6) is 0 Å². The fourth-order valence-electron chi connectivity index (χ4n) is 0.670. The van der Waals surface area contributed by atoms with Gasteiger partial charge in [-0.3, -0.25) is 0 Å². The van der Waals surface area contributed by atoms with Crippen LogP contribution in [-0.2, 0) is 0 Å². The Balaban J connectivity index is 5.05. The molecule has 0 radical (unpaired) electrons. The lowest BCUT2D eigenvalue weighted by atomic mass is 10.0. The quantitative estimate of drug-likeness (QED) is 0.756. The van der Waals surface area contributed by atoms with Crippen molar-refractivity contribution in [3.63, 3.8) is 0 Å². The van der Waals surface area contributed by atoms with Crippen molar-refractivity contribution in [2.45, 2.75) is 37.0 Å². The van der Waals surface area contributed by atoms with Gasteiger partial charge >= 0.3 is 11.8 Å². The fourth-order valence-corrected chi connectivity index (χ4v) is 0.670. The van der Waals surface area contributed by atoms with Gasteiger partial charge in [0, 0.05) is 0 Å². The maximum atomic E-state index is 12.4. The van der Waals surface area contributed by atoms with Gasteiger partial charge in [-0.1, -0.05) is 0 Å². The zero-order chi connectivity index (χ0) is 13.3. The van der Waals surface area contributed by atoms with Crippen LogP contribution in [0.3, 0.4) is 0 Å². The topological polar surface area (TPSA) is 20.2 Å². The molecule has 0 spiro atoms. The molecule has 1 nitrogen and oxygen atoms in total. The van der Waals surface area contributed by atoms with Crippen molar-refractivity contribution in [2.75, 3.05) is 0 Å². The molecule has 16 heavy (non-hydrogen) atoms. The highest BCUT2D eigenvalue weighted by molar-refractivity contribution is 4.96. The summed E-state index contributed by atoms with van der Waals surface area (Å²) in [4.78, 5) is 0. The molecule has 0 bridgehead atoms. The predicted octanol–water partition coefficient (Wildman–Crippen LogP) is 2.49. The monoisotopic (exact) mass is 264 g/mol. The van der Waals surface area contributed by atoms with Crippen LogP contribution < -0.4 is 0 Å². The Morgan fingerprint density at radius 2 is 1.12 bits per heavy atom. The van der Waals surface area contributed by atoms with Gasteiger partial charge in [0.15, 0.2) is 6.17 Å². The molecule has 0 aromatic heterocycles. The first-order chi connectivity index (χ1) is 6.96. The molecule has 10 heteroatoms. The zero-order valence-corrected chi connectivity index (χ0v) is 7.16. The summed E-state index contributed by atoms with van der Waals surface area (Å²) in [5, 5.41) is 7.61. The molecule has 0 heterocycles. The lowest BCUT2D eigenvalue weighted by Crippen LogP contribution is -2.57. The van der Waals surface area contributed by atoms with E-state index in [0.717, 1.165) is 0 Å². The van der Waals surface area contributed by atoms with E-state index < -0.39 is 37.0 Å². The van der Waals surface area contributed by atoms with E-state index >= 15 is 0 Å². The molecular weight excluding hydrogens is 259 g/mol. The van der Waals surface area contributed by atoms with Crippen molar-refractivity contribution in [2.24, 2.45) is 0 Å². The summed E-state index contributed by atoms with van der Waals surface area (Å²) in [5.74, 6) is -12.1. The molecule has 1 N–H and O–H groups in total. The second-order valence-corrected chi connectivity index (χ2v) is 2.76. The molecule has 3 unspecified atom stereocenters. The average Bonchev–Trinajstić information content (AvgIpc) is 2.14. The smallest absolute Gasteiger partial charge is 0.359 e. The van der Waals surface area contributed by atoms with Crippen molar-refractivity contribution in [1.29, 1.82) is 0 Å². The van der Waals surface area contributed by atoms with E-state index in [1.54, 1.807) is 0 Å². The number of halogens is 9. The predicted molar refractivity (Wildman–Crippen MR) is 32.8 cm³/mol. The van der Waals surface area contributed by atoms with Crippen LogP contribution in [0.25, 0.3) is 0 Å². The lowest BCUT2D eigenvalue weighted by Gasteiger charge is -2.30. The number of alkyl halides is 9. The Bertz CT molecular complexity index is 228. The molecule has 98 valence electrons. The second-order valence-electron chi connectivity index (χ2n) is 2.76. The van der Waals surface area contributed by atoms with Crippen LogP contribution in [0.15, 0.2) is 0 Å². The van der Waals surface area contributed by atoms with E-state index in [1.807, 2.05) is 0 Å². The normalized spacial score (nSPS) is 19.7. The third-order valence-electron chi connectivity index (χ3n) is 1.61. The van der Waals surface area contributed by atoms with Crippen LogP contribution in [0.2, 0.25) is 0 Å². The average molecular weight is 264 g/mol. The van der Waals surface area contributed by atoms with Crippen LogP contribution in [0.1, 0.15) is 0 Å². The maximum absolute atomic E-state index is 12.4. The summed E-state index contributed by atoms with van der Waals surface area (Å²) in [6.45, 7) is 0. The summed E-state index contributed by atoms with van der Waals surface area (Å²) < 4.78 is 108. The maximum Gasteiger partial charge on any atom is 0.367 e. The van der Waals surface area contributed by atoms with Gasteiger partial charge in [-0.15, -0.1) is 0 Å². The summed E-state index contributed by atoms with van der Waals surface area (Å²) in [6.07, 6.45) is -17.7. The zero-order valence-electron chi connectivity index (χ0n) is 7.16. The standard InChI is InChI=1S/C6H5F9O/c7-1(3(9)10)2(8)5(12,13)6(14,15)4(11)16/h1-4,16H. The minimum atomic E-state index is -6.10. The third-order valence-corrected chi connectivity index (χ3v) is 1.61. The Hall–Kier alpha value is -0.670.